The Morgan fingerprint density at radius 1 is 1.26 bits per heavy atom. The van der Waals surface area contributed by atoms with E-state index in [1.54, 1.807) is 6.07 Å². The lowest BCUT2D eigenvalue weighted by Crippen LogP contribution is -2.24. The van der Waals surface area contributed by atoms with E-state index in [1.165, 1.54) is 6.42 Å². The summed E-state index contributed by atoms with van der Waals surface area (Å²) in [5, 5.41) is 0. The average Bonchev–Trinajstić information content (AvgIpc) is 2.35. The van der Waals surface area contributed by atoms with Gasteiger partial charge in [-0.3, -0.25) is 4.72 Å². The van der Waals surface area contributed by atoms with Crippen LogP contribution in [0.2, 0.25) is 0 Å². The van der Waals surface area contributed by atoms with Crippen LogP contribution in [0.1, 0.15) is 37.7 Å². The van der Waals surface area contributed by atoms with Crippen LogP contribution in [0, 0.1) is 12.8 Å². The van der Waals surface area contributed by atoms with Gasteiger partial charge in [0.25, 0.3) is 0 Å². The van der Waals surface area contributed by atoms with Gasteiger partial charge in [0.05, 0.1) is 11.4 Å². The quantitative estimate of drug-likeness (QED) is 0.893. The third kappa shape index (κ3) is 4.21. The zero-order valence-corrected chi connectivity index (χ0v) is 13.6. The van der Waals surface area contributed by atoms with E-state index in [4.69, 9.17) is 0 Å². The molecule has 1 aromatic carbocycles. The summed E-state index contributed by atoms with van der Waals surface area (Å²) in [6.45, 7) is 1.91. The highest BCUT2D eigenvalue weighted by Gasteiger charge is 2.21. The van der Waals surface area contributed by atoms with E-state index < -0.39 is 10.0 Å². The number of halogens is 1. The van der Waals surface area contributed by atoms with Crippen molar-refractivity contribution in [2.45, 2.75) is 39.0 Å². The lowest BCUT2D eigenvalue weighted by Gasteiger charge is -2.22. The zero-order chi connectivity index (χ0) is 13.9. The number of hydrogen-bond acceptors (Lipinski definition) is 2. The molecule has 106 valence electrons. The van der Waals surface area contributed by atoms with Gasteiger partial charge in [0.1, 0.15) is 0 Å². The van der Waals surface area contributed by atoms with E-state index in [9.17, 15) is 8.42 Å². The van der Waals surface area contributed by atoms with E-state index in [1.807, 2.05) is 19.1 Å². The molecular weight excluding hydrogens is 326 g/mol. The lowest BCUT2D eigenvalue weighted by atomic mass is 9.91. The van der Waals surface area contributed by atoms with Crippen LogP contribution in [0.5, 0.6) is 0 Å². The monoisotopic (exact) mass is 345 g/mol. The first-order valence-electron chi connectivity index (χ1n) is 6.73. The van der Waals surface area contributed by atoms with Crippen LogP contribution in [-0.2, 0) is 10.0 Å². The Hall–Kier alpha value is -0.550. The van der Waals surface area contributed by atoms with Gasteiger partial charge < -0.3 is 0 Å². The van der Waals surface area contributed by atoms with Crippen molar-refractivity contribution < 1.29 is 8.42 Å². The molecule has 1 fully saturated rings. The van der Waals surface area contributed by atoms with Crippen molar-refractivity contribution in [3.8, 4) is 0 Å². The molecule has 0 bridgehead atoms. The van der Waals surface area contributed by atoms with Crippen molar-refractivity contribution in [3.63, 3.8) is 0 Å². The Balaban J connectivity index is 2.06. The molecule has 1 saturated carbocycles. The maximum atomic E-state index is 12.2. The van der Waals surface area contributed by atoms with Crippen molar-refractivity contribution in [1.82, 2.24) is 0 Å². The van der Waals surface area contributed by atoms with Gasteiger partial charge in [-0.1, -0.05) is 41.3 Å². The van der Waals surface area contributed by atoms with Gasteiger partial charge >= 0.3 is 0 Å². The van der Waals surface area contributed by atoms with Crippen LogP contribution in [0.3, 0.4) is 0 Å². The Morgan fingerprint density at radius 2 is 1.95 bits per heavy atom. The third-order valence-electron chi connectivity index (χ3n) is 3.71. The molecule has 0 aliphatic heterocycles. The largest absolute Gasteiger partial charge is 0.283 e. The summed E-state index contributed by atoms with van der Waals surface area (Å²) < 4.78 is 28.0. The molecule has 0 unspecified atom stereocenters. The number of benzene rings is 1. The standard InChI is InChI=1S/C14H20BrNO2S/c1-11-13(15)8-5-9-14(11)16-19(17,18)10-12-6-3-2-4-7-12/h5,8-9,12,16H,2-4,6-7,10H2,1H3. The fraction of sp³-hybridized carbons (Fsp3) is 0.571. The second kappa shape index (κ2) is 6.27. The van der Waals surface area contributed by atoms with Gasteiger partial charge in [-0.05, 0) is 43.4 Å². The molecule has 5 heteroatoms. The van der Waals surface area contributed by atoms with Crippen molar-refractivity contribution in [1.29, 1.82) is 0 Å². The molecule has 0 saturated heterocycles. The van der Waals surface area contributed by atoms with Crippen molar-refractivity contribution in [3.05, 3.63) is 28.2 Å². The van der Waals surface area contributed by atoms with Crippen LogP contribution < -0.4 is 4.72 Å². The highest BCUT2D eigenvalue weighted by atomic mass is 79.9. The van der Waals surface area contributed by atoms with Crippen LogP contribution in [0.4, 0.5) is 5.69 Å². The summed E-state index contributed by atoms with van der Waals surface area (Å²) >= 11 is 3.42. The predicted molar refractivity (Wildman–Crippen MR) is 82.9 cm³/mol. The summed E-state index contributed by atoms with van der Waals surface area (Å²) in [5.41, 5.74) is 1.60. The van der Waals surface area contributed by atoms with Crippen LogP contribution in [0.25, 0.3) is 0 Å². The van der Waals surface area contributed by atoms with Crippen LogP contribution in [0.15, 0.2) is 22.7 Å². The maximum absolute atomic E-state index is 12.2. The number of rotatable bonds is 4. The fourth-order valence-electron chi connectivity index (χ4n) is 2.59. The summed E-state index contributed by atoms with van der Waals surface area (Å²) in [7, 11) is -3.24. The summed E-state index contributed by atoms with van der Waals surface area (Å²) in [6, 6.07) is 5.56. The zero-order valence-electron chi connectivity index (χ0n) is 11.2. The maximum Gasteiger partial charge on any atom is 0.233 e. The predicted octanol–water partition coefficient (Wildman–Crippen LogP) is 4.08. The van der Waals surface area contributed by atoms with Gasteiger partial charge in [0, 0.05) is 4.47 Å². The molecule has 0 spiro atoms. The van der Waals surface area contributed by atoms with Crippen LogP contribution >= 0.6 is 15.9 Å². The lowest BCUT2D eigenvalue weighted by molar-refractivity contribution is 0.385. The minimum atomic E-state index is -3.24. The average molecular weight is 346 g/mol. The fourth-order valence-corrected chi connectivity index (χ4v) is 4.55. The smallest absolute Gasteiger partial charge is 0.233 e. The van der Waals surface area contributed by atoms with E-state index in [-0.39, 0.29) is 5.75 Å². The summed E-state index contributed by atoms with van der Waals surface area (Å²) in [6.07, 6.45) is 5.65. The molecule has 0 atom stereocenters. The topological polar surface area (TPSA) is 46.2 Å². The van der Waals surface area contributed by atoms with E-state index in [2.05, 4.69) is 20.7 Å². The Morgan fingerprint density at radius 3 is 2.63 bits per heavy atom. The van der Waals surface area contributed by atoms with Gasteiger partial charge in [0.2, 0.25) is 10.0 Å². The van der Waals surface area contributed by atoms with Gasteiger partial charge in [-0.2, -0.15) is 0 Å². The van der Waals surface area contributed by atoms with Gasteiger partial charge in [-0.15, -0.1) is 0 Å². The Labute approximate surface area is 124 Å². The number of sulfonamides is 1. The second-order valence-corrected chi connectivity index (χ2v) is 7.92. The highest BCUT2D eigenvalue weighted by Crippen LogP contribution is 2.27. The molecule has 2 rings (SSSR count). The molecule has 0 aromatic heterocycles. The molecule has 1 aliphatic rings. The highest BCUT2D eigenvalue weighted by molar-refractivity contribution is 9.10. The van der Waals surface area contributed by atoms with E-state index in [0.29, 0.717) is 11.6 Å². The normalized spacial score (nSPS) is 17.4. The molecule has 0 amide bonds. The first-order chi connectivity index (χ1) is 8.98. The molecule has 0 heterocycles. The molecular formula is C14H20BrNO2S. The molecule has 3 nitrogen and oxygen atoms in total. The number of anilines is 1. The van der Waals surface area contributed by atoms with Gasteiger partial charge in [-0.25, -0.2) is 8.42 Å². The Bertz CT molecular complexity index is 536. The molecule has 1 aromatic rings. The second-order valence-electron chi connectivity index (χ2n) is 5.30. The summed E-state index contributed by atoms with van der Waals surface area (Å²) in [4.78, 5) is 0. The minimum absolute atomic E-state index is 0.249. The van der Waals surface area contributed by atoms with Crippen LogP contribution in [-0.4, -0.2) is 14.2 Å². The minimum Gasteiger partial charge on any atom is -0.283 e. The third-order valence-corrected chi connectivity index (χ3v) is 6.01. The molecule has 1 aliphatic carbocycles. The van der Waals surface area contributed by atoms with E-state index in [0.717, 1.165) is 35.7 Å². The SMILES string of the molecule is Cc1c(Br)cccc1NS(=O)(=O)CC1CCCCC1. The number of hydrogen-bond donors (Lipinski definition) is 1. The molecule has 0 radical (unpaired) electrons. The first-order valence-corrected chi connectivity index (χ1v) is 9.18. The summed E-state index contributed by atoms with van der Waals surface area (Å²) in [5.74, 6) is 0.567. The van der Waals surface area contributed by atoms with Gasteiger partial charge in [0.15, 0.2) is 0 Å². The molecule has 1 N–H and O–H groups in total. The number of nitrogens with one attached hydrogen (secondary N) is 1. The van der Waals surface area contributed by atoms with Crippen molar-refractivity contribution >= 4 is 31.6 Å². The van der Waals surface area contributed by atoms with E-state index >= 15 is 0 Å². The molecule has 19 heavy (non-hydrogen) atoms. The van der Waals surface area contributed by atoms with Crippen molar-refractivity contribution in [2.75, 3.05) is 10.5 Å². The van der Waals surface area contributed by atoms with Crippen molar-refractivity contribution in [2.24, 2.45) is 5.92 Å². The first kappa shape index (κ1) is 14.9. The Kier molecular flexibility index (Phi) is 4.90.